The molecule has 0 spiro atoms. The van der Waals surface area contributed by atoms with Crippen LogP contribution < -0.4 is 5.56 Å². The molecule has 7 nitrogen and oxygen atoms in total. The largest absolute Gasteiger partial charge is 0.334 e. The minimum atomic E-state index is -0.0924. The summed E-state index contributed by atoms with van der Waals surface area (Å²) >= 11 is 0. The van der Waals surface area contributed by atoms with Crippen LogP contribution >= 0.6 is 0 Å². The molecule has 0 aliphatic carbocycles. The van der Waals surface area contributed by atoms with Crippen molar-refractivity contribution >= 4 is 11.6 Å². The lowest BCUT2D eigenvalue weighted by Gasteiger charge is -2.29. The summed E-state index contributed by atoms with van der Waals surface area (Å²) in [6.45, 7) is 1.55. The summed E-state index contributed by atoms with van der Waals surface area (Å²) in [4.78, 5) is 31.7. The molecule has 29 heavy (non-hydrogen) atoms. The van der Waals surface area contributed by atoms with Gasteiger partial charge >= 0.3 is 0 Å². The van der Waals surface area contributed by atoms with E-state index in [9.17, 15) is 9.59 Å². The molecule has 0 radical (unpaired) electrons. The Morgan fingerprint density at radius 3 is 2.83 bits per heavy atom. The van der Waals surface area contributed by atoms with Crippen molar-refractivity contribution in [1.82, 2.24) is 24.1 Å². The maximum absolute atomic E-state index is 13.1. The number of hydrogen-bond acceptors (Lipinski definition) is 4. The maximum atomic E-state index is 13.1. The van der Waals surface area contributed by atoms with E-state index in [0.29, 0.717) is 37.3 Å². The van der Waals surface area contributed by atoms with Crippen molar-refractivity contribution in [3.63, 3.8) is 0 Å². The van der Waals surface area contributed by atoms with E-state index >= 15 is 0 Å². The summed E-state index contributed by atoms with van der Waals surface area (Å²) in [7, 11) is 0. The second-order valence-corrected chi connectivity index (χ2v) is 7.20. The van der Waals surface area contributed by atoms with Crippen LogP contribution in [0.5, 0.6) is 0 Å². The van der Waals surface area contributed by atoms with Gasteiger partial charge in [-0.05, 0) is 29.2 Å². The average Bonchev–Trinajstić information content (AvgIpc) is 3.18. The summed E-state index contributed by atoms with van der Waals surface area (Å²) in [6, 6.07) is 13.4. The van der Waals surface area contributed by atoms with Crippen molar-refractivity contribution in [2.45, 2.75) is 19.5 Å². The van der Waals surface area contributed by atoms with Crippen LogP contribution in [0.4, 0.5) is 0 Å². The Kier molecular flexibility index (Phi) is 4.20. The SMILES string of the molecule is O=C(c1cnn2cccnc12)N1CCc2cc(=O)n(Cc3ccccc3)cc2C1. The lowest BCUT2D eigenvalue weighted by molar-refractivity contribution is 0.0736. The Labute approximate surface area is 166 Å². The van der Waals surface area contributed by atoms with Crippen LogP contribution in [0.1, 0.15) is 27.0 Å². The molecule has 5 rings (SSSR count). The molecular weight excluding hydrogens is 366 g/mol. The summed E-state index contributed by atoms with van der Waals surface area (Å²) in [6.07, 6.45) is 7.54. The molecule has 0 N–H and O–H groups in total. The second kappa shape index (κ2) is 7.01. The lowest BCUT2D eigenvalue weighted by Crippen LogP contribution is -2.37. The highest BCUT2D eigenvalue weighted by atomic mass is 16.2. The molecule has 0 unspecified atom stereocenters. The van der Waals surface area contributed by atoms with Crippen LogP contribution in [0.3, 0.4) is 0 Å². The van der Waals surface area contributed by atoms with Gasteiger partial charge in [-0.2, -0.15) is 5.10 Å². The first-order valence-corrected chi connectivity index (χ1v) is 9.53. The molecule has 0 fully saturated rings. The van der Waals surface area contributed by atoms with E-state index < -0.39 is 0 Å². The summed E-state index contributed by atoms with van der Waals surface area (Å²) in [5.41, 5.74) is 4.12. The van der Waals surface area contributed by atoms with Crippen LogP contribution in [0.15, 0.2) is 72.0 Å². The number of aromatic nitrogens is 4. The molecule has 0 saturated heterocycles. The highest BCUT2D eigenvalue weighted by Crippen LogP contribution is 2.20. The Balaban J connectivity index is 1.43. The molecule has 1 aromatic carbocycles. The van der Waals surface area contributed by atoms with E-state index in [1.807, 2.05) is 36.5 Å². The van der Waals surface area contributed by atoms with Gasteiger partial charge in [0.05, 0.1) is 12.7 Å². The number of hydrogen-bond donors (Lipinski definition) is 0. The van der Waals surface area contributed by atoms with Gasteiger partial charge in [0.25, 0.3) is 11.5 Å². The number of nitrogens with zero attached hydrogens (tertiary/aromatic N) is 5. The summed E-state index contributed by atoms with van der Waals surface area (Å²) in [5, 5.41) is 4.21. The molecule has 1 aliphatic heterocycles. The van der Waals surface area contributed by atoms with Gasteiger partial charge in [-0.25, -0.2) is 9.50 Å². The fourth-order valence-corrected chi connectivity index (χ4v) is 3.80. The molecule has 0 bridgehead atoms. The predicted octanol–water partition coefficient (Wildman–Crippen LogP) is 2.14. The molecule has 144 valence electrons. The van der Waals surface area contributed by atoms with Crippen molar-refractivity contribution < 1.29 is 4.79 Å². The first-order chi connectivity index (χ1) is 14.2. The third kappa shape index (κ3) is 3.20. The van der Waals surface area contributed by atoms with Crippen LogP contribution in [-0.2, 0) is 19.5 Å². The quantitative estimate of drug-likeness (QED) is 0.542. The van der Waals surface area contributed by atoms with Gasteiger partial charge < -0.3 is 9.47 Å². The van der Waals surface area contributed by atoms with Gasteiger partial charge in [0, 0.05) is 37.7 Å². The molecule has 1 aliphatic rings. The third-order valence-electron chi connectivity index (χ3n) is 5.31. The number of fused-ring (bicyclic) bond motifs is 2. The van der Waals surface area contributed by atoms with Gasteiger partial charge in [-0.1, -0.05) is 30.3 Å². The van der Waals surface area contributed by atoms with Crippen molar-refractivity contribution in [3.05, 3.63) is 99.9 Å². The standard InChI is InChI=1S/C22H19N5O2/c28-20-11-17-7-10-25(22(29)19-12-24-27-9-4-8-23-21(19)27)14-18(17)15-26(20)13-16-5-2-1-3-6-16/h1-6,8-9,11-12,15H,7,10,13-14H2. The van der Waals surface area contributed by atoms with E-state index in [4.69, 9.17) is 0 Å². The highest BCUT2D eigenvalue weighted by molar-refractivity contribution is 5.99. The number of amides is 1. The normalized spacial score (nSPS) is 13.4. The zero-order valence-corrected chi connectivity index (χ0v) is 15.7. The molecule has 3 aromatic heterocycles. The van der Waals surface area contributed by atoms with Crippen LogP contribution in [0.25, 0.3) is 5.65 Å². The van der Waals surface area contributed by atoms with E-state index in [-0.39, 0.29) is 11.5 Å². The van der Waals surface area contributed by atoms with Gasteiger partial charge in [-0.15, -0.1) is 0 Å². The van der Waals surface area contributed by atoms with Gasteiger partial charge in [0.2, 0.25) is 0 Å². The molecule has 0 atom stereocenters. The fraction of sp³-hybridized carbons (Fsp3) is 0.182. The Morgan fingerprint density at radius 1 is 1.10 bits per heavy atom. The summed E-state index contributed by atoms with van der Waals surface area (Å²) in [5.74, 6) is -0.0924. The van der Waals surface area contributed by atoms with Crippen molar-refractivity contribution in [2.75, 3.05) is 6.54 Å². The van der Waals surface area contributed by atoms with Crippen LogP contribution in [0.2, 0.25) is 0 Å². The minimum Gasteiger partial charge on any atom is -0.334 e. The topological polar surface area (TPSA) is 72.5 Å². The van der Waals surface area contributed by atoms with Crippen molar-refractivity contribution in [1.29, 1.82) is 0 Å². The number of rotatable bonds is 3. The Morgan fingerprint density at radius 2 is 1.97 bits per heavy atom. The van der Waals surface area contributed by atoms with Crippen molar-refractivity contribution in [3.8, 4) is 0 Å². The monoisotopic (exact) mass is 385 g/mol. The van der Waals surface area contributed by atoms with E-state index in [1.54, 1.807) is 44.7 Å². The van der Waals surface area contributed by atoms with E-state index in [0.717, 1.165) is 16.7 Å². The third-order valence-corrected chi connectivity index (χ3v) is 5.31. The van der Waals surface area contributed by atoms with Gasteiger partial charge in [0.15, 0.2) is 5.65 Å². The Bertz CT molecular complexity index is 1260. The van der Waals surface area contributed by atoms with Gasteiger partial charge in [-0.3, -0.25) is 9.59 Å². The molecule has 4 heterocycles. The first kappa shape index (κ1) is 17.4. The number of benzene rings is 1. The average molecular weight is 385 g/mol. The van der Waals surface area contributed by atoms with Crippen LogP contribution in [0, 0.1) is 0 Å². The smallest absolute Gasteiger partial charge is 0.259 e. The minimum absolute atomic E-state index is 0.0146. The fourth-order valence-electron chi connectivity index (χ4n) is 3.80. The first-order valence-electron chi connectivity index (χ1n) is 9.53. The van der Waals surface area contributed by atoms with Crippen molar-refractivity contribution in [2.24, 2.45) is 0 Å². The number of carbonyl (C=O) groups excluding carboxylic acids is 1. The molecule has 7 heteroatoms. The number of carbonyl (C=O) groups is 1. The molecular formula is C22H19N5O2. The predicted molar refractivity (Wildman–Crippen MR) is 108 cm³/mol. The lowest BCUT2D eigenvalue weighted by atomic mass is 10.0. The Hall–Kier alpha value is -3.74. The van der Waals surface area contributed by atoms with Crippen LogP contribution in [-0.4, -0.2) is 36.5 Å². The maximum Gasteiger partial charge on any atom is 0.259 e. The molecule has 1 amide bonds. The molecule has 0 saturated carbocycles. The van der Waals surface area contributed by atoms with Gasteiger partial charge in [0.1, 0.15) is 5.56 Å². The summed E-state index contributed by atoms with van der Waals surface area (Å²) < 4.78 is 3.31. The highest BCUT2D eigenvalue weighted by Gasteiger charge is 2.25. The van der Waals surface area contributed by atoms with E-state index in [1.165, 1.54) is 0 Å². The zero-order chi connectivity index (χ0) is 19.8. The zero-order valence-electron chi connectivity index (χ0n) is 15.7. The molecule has 4 aromatic rings. The number of pyridine rings is 1. The van der Waals surface area contributed by atoms with E-state index in [2.05, 4.69) is 10.1 Å². The second-order valence-electron chi connectivity index (χ2n) is 7.20.